The van der Waals surface area contributed by atoms with Crippen LogP contribution in [0.3, 0.4) is 0 Å². The number of nitrogens with one attached hydrogen (secondary N) is 2. The lowest BCUT2D eigenvalue weighted by Gasteiger charge is -2.24. The van der Waals surface area contributed by atoms with Crippen LogP contribution in [-0.4, -0.2) is 45.4 Å². The molecule has 0 saturated carbocycles. The largest absolute Gasteiger partial charge is 0.376 e. The zero-order chi connectivity index (χ0) is 27.4. The number of thioether (sulfide) groups is 1. The van der Waals surface area contributed by atoms with Gasteiger partial charge in [0.1, 0.15) is 16.7 Å². The van der Waals surface area contributed by atoms with Gasteiger partial charge in [0.05, 0.1) is 23.8 Å². The predicted octanol–water partition coefficient (Wildman–Crippen LogP) is 5.48. The number of likely N-dealkylation sites (N-methyl/N-ethyl adjacent to an activating group) is 1. The molecule has 200 valence electrons. The van der Waals surface area contributed by atoms with Crippen molar-refractivity contribution >= 4 is 39.7 Å². The van der Waals surface area contributed by atoms with E-state index < -0.39 is 0 Å². The van der Waals surface area contributed by atoms with Crippen molar-refractivity contribution in [3.8, 4) is 0 Å². The van der Waals surface area contributed by atoms with Gasteiger partial charge in [-0.2, -0.15) is 0 Å². The first-order chi connectivity index (χ1) is 18.2. The third-order valence-electron chi connectivity index (χ3n) is 6.77. The Kier molecular flexibility index (Phi) is 8.56. The standard InChI is InChI=1S/C29H37N7OS/c1-8-36(22-16-31-21(5)32-17-22)12-11-30-27-15-24-23(13-18(2)14-25(24)29(37)35(27)6)20(4)34-26-10-9-19(3)33-28(26)38-7/h9-10,13-17,20,30,34H,8,11-12H2,1-7H3/t20-/m1/s1. The summed E-state index contributed by atoms with van der Waals surface area (Å²) in [5.41, 5.74) is 5.10. The highest BCUT2D eigenvalue weighted by atomic mass is 32.2. The van der Waals surface area contributed by atoms with Gasteiger partial charge in [-0.3, -0.25) is 9.36 Å². The number of rotatable bonds is 10. The molecule has 0 saturated heterocycles. The summed E-state index contributed by atoms with van der Waals surface area (Å²) in [5.74, 6) is 1.55. The van der Waals surface area contributed by atoms with Crippen LogP contribution >= 0.6 is 11.8 Å². The molecule has 0 unspecified atom stereocenters. The lowest BCUT2D eigenvalue weighted by atomic mass is 9.97. The number of aromatic nitrogens is 4. The number of hydrogen-bond acceptors (Lipinski definition) is 8. The minimum atomic E-state index is -0.0233. The quantitative estimate of drug-likeness (QED) is 0.260. The number of nitrogens with zero attached hydrogens (tertiary/aromatic N) is 5. The molecule has 8 nitrogen and oxygen atoms in total. The van der Waals surface area contributed by atoms with E-state index >= 15 is 0 Å². The van der Waals surface area contributed by atoms with Gasteiger partial charge in [0.25, 0.3) is 5.56 Å². The normalized spacial score (nSPS) is 12.0. The van der Waals surface area contributed by atoms with E-state index in [0.717, 1.165) is 68.7 Å². The van der Waals surface area contributed by atoms with E-state index in [1.54, 1.807) is 16.3 Å². The average molecular weight is 532 g/mol. The summed E-state index contributed by atoms with van der Waals surface area (Å²) >= 11 is 1.62. The first kappa shape index (κ1) is 27.4. The van der Waals surface area contributed by atoms with Crippen molar-refractivity contribution in [3.63, 3.8) is 0 Å². The first-order valence-corrected chi connectivity index (χ1v) is 14.1. The summed E-state index contributed by atoms with van der Waals surface area (Å²) in [6.07, 6.45) is 5.74. The van der Waals surface area contributed by atoms with Gasteiger partial charge < -0.3 is 15.5 Å². The number of anilines is 3. The van der Waals surface area contributed by atoms with Gasteiger partial charge in [0.2, 0.25) is 0 Å². The molecule has 4 aromatic rings. The Morgan fingerprint density at radius 3 is 2.50 bits per heavy atom. The second-order valence-electron chi connectivity index (χ2n) is 9.58. The SMILES string of the molecule is CCN(CCNc1cc2c([C@@H](C)Nc3ccc(C)nc3SC)cc(C)cc2c(=O)n1C)c1cnc(C)nc1. The summed E-state index contributed by atoms with van der Waals surface area (Å²) in [6.45, 7) is 12.4. The Bertz CT molecular complexity index is 1480. The number of aryl methyl sites for hydroxylation is 3. The molecule has 0 spiro atoms. The minimum Gasteiger partial charge on any atom is -0.376 e. The molecular formula is C29H37N7OS. The lowest BCUT2D eigenvalue weighted by molar-refractivity contribution is 0.807. The Morgan fingerprint density at radius 1 is 1.08 bits per heavy atom. The molecule has 3 aromatic heterocycles. The van der Waals surface area contributed by atoms with Crippen LogP contribution in [0, 0.1) is 20.8 Å². The fraction of sp³-hybridized carbons (Fsp3) is 0.379. The highest BCUT2D eigenvalue weighted by Gasteiger charge is 2.17. The fourth-order valence-corrected chi connectivity index (χ4v) is 5.24. The van der Waals surface area contributed by atoms with E-state index in [-0.39, 0.29) is 11.6 Å². The molecule has 3 heterocycles. The minimum absolute atomic E-state index is 0.0109. The van der Waals surface area contributed by atoms with Crippen molar-refractivity contribution in [1.82, 2.24) is 19.5 Å². The van der Waals surface area contributed by atoms with Crippen LogP contribution in [0.2, 0.25) is 0 Å². The Balaban J connectivity index is 1.62. The highest BCUT2D eigenvalue weighted by molar-refractivity contribution is 7.98. The number of fused-ring (bicyclic) bond motifs is 1. The van der Waals surface area contributed by atoms with E-state index in [4.69, 9.17) is 0 Å². The van der Waals surface area contributed by atoms with E-state index in [1.165, 1.54) is 0 Å². The zero-order valence-electron chi connectivity index (χ0n) is 23.3. The molecule has 0 aliphatic heterocycles. The van der Waals surface area contributed by atoms with Crippen LogP contribution in [-0.2, 0) is 7.05 Å². The fourth-order valence-electron chi connectivity index (χ4n) is 4.66. The Hall–Kier alpha value is -3.59. The van der Waals surface area contributed by atoms with E-state index in [9.17, 15) is 4.79 Å². The van der Waals surface area contributed by atoms with Gasteiger partial charge in [0.15, 0.2) is 0 Å². The summed E-state index contributed by atoms with van der Waals surface area (Å²) in [5, 5.41) is 9.77. The predicted molar refractivity (Wildman–Crippen MR) is 160 cm³/mol. The molecule has 0 fully saturated rings. The van der Waals surface area contributed by atoms with E-state index in [1.807, 2.05) is 58.6 Å². The molecule has 9 heteroatoms. The van der Waals surface area contributed by atoms with Crippen molar-refractivity contribution in [3.05, 3.63) is 75.7 Å². The van der Waals surface area contributed by atoms with Crippen molar-refractivity contribution in [2.45, 2.75) is 45.7 Å². The van der Waals surface area contributed by atoms with Crippen molar-refractivity contribution < 1.29 is 0 Å². The first-order valence-electron chi connectivity index (χ1n) is 12.9. The van der Waals surface area contributed by atoms with Crippen LogP contribution in [0.5, 0.6) is 0 Å². The van der Waals surface area contributed by atoms with Gasteiger partial charge in [-0.1, -0.05) is 6.07 Å². The maximum Gasteiger partial charge on any atom is 0.259 e. The molecule has 38 heavy (non-hydrogen) atoms. The summed E-state index contributed by atoms with van der Waals surface area (Å²) in [6, 6.07) is 10.3. The van der Waals surface area contributed by atoms with Crippen LogP contribution in [0.1, 0.15) is 42.5 Å². The molecule has 0 aliphatic rings. The molecule has 0 aliphatic carbocycles. The van der Waals surface area contributed by atoms with Crippen LogP contribution in [0.25, 0.3) is 10.8 Å². The highest BCUT2D eigenvalue weighted by Crippen LogP contribution is 2.31. The smallest absolute Gasteiger partial charge is 0.259 e. The van der Waals surface area contributed by atoms with Crippen LogP contribution in [0.15, 0.2) is 52.5 Å². The second kappa shape index (κ2) is 11.9. The van der Waals surface area contributed by atoms with Gasteiger partial charge in [-0.05, 0) is 81.7 Å². The average Bonchev–Trinajstić information content (AvgIpc) is 2.91. The summed E-state index contributed by atoms with van der Waals surface area (Å²) in [4.78, 5) is 29.0. The molecule has 2 N–H and O–H groups in total. The van der Waals surface area contributed by atoms with Crippen LogP contribution < -0.4 is 21.1 Å². The molecule has 4 rings (SSSR count). The van der Waals surface area contributed by atoms with Gasteiger partial charge in [0, 0.05) is 43.8 Å². The molecule has 0 bridgehead atoms. The lowest BCUT2D eigenvalue weighted by Crippen LogP contribution is -2.30. The third-order valence-corrected chi connectivity index (χ3v) is 7.47. The third kappa shape index (κ3) is 5.93. The van der Waals surface area contributed by atoms with E-state index in [2.05, 4.69) is 62.5 Å². The topological polar surface area (TPSA) is 88.0 Å². The van der Waals surface area contributed by atoms with Crippen LogP contribution in [0.4, 0.5) is 17.2 Å². The molecule has 1 aromatic carbocycles. The summed E-state index contributed by atoms with van der Waals surface area (Å²) in [7, 11) is 1.82. The summed E-state index contributed by atoms with van der Waals surface area (Å²) < 4.78 is 1.70. The number of hydrogen-bond donors (Lipinski definition) is 2. The number of pyridine rings is 2. The maximum absolute atomic E-state index is 13.4. The molecule has 0 radical (unpaired) electrons. The van der Waals surface area contributed by atoms with Gasteiger partial charge >= 0.3 is 0 Å². The second-order valence-corrected chi connectivity index (χ2v) is 10.4. The number of benzene rings is 1. The van der Waals surface area contributed by atoms with Crippen molar-refractivity contribution in [2.75, 3.05) is 41.4 Å². The van der Waals surface area contributed by atoms with Gasteiger partial charge in [-0.25, -0.2) is 15.0 Å². The maximum atomic E-state index is 13.4. The van der Waals surface area contributed by atoms with Crippen molar-refractivity contribution in [1.29, 1.82) is 0 Å². The molecule has 1 atom stereocenters. The molecular weight excluding hydrogens is 494 g/mol. The van der Waals surface area contributed by atoms with Gasteiger partial charge in [-0.15, -0.1) is 11.8 Å². The zero-order valence-corrected chi connectivity index (χ0v) is 24.1. The molecule has 0 amide bonds. The van der Waals surface area contributed by atoms with Crippen molar-refractivity contribution in [2.24, 2.45) is 7.05 Å². The Morgan fingerprint density at radius 2 is 1.82 bits per heavy atom. The monoisotopic (exact) mass is 531 g/mol. The Labute approximate surface area is 228 Å². The van der Waals surface area contributed by atoms with E-state index in [0.29, 0.717) is 6.54 Å².